The Labute approximate surface area is 79.6 Å². The van der Waals surface area contributed by atoms with Crippen molar-refractivity contribution in [1.82, 2.24) is 9.97 Å². The van der Waals surface area contributed by atoms with Crippen molar-refractivity contribution >= 4 is 23.4 Å². The molecule has 0 aliphatic heterocycles. The van der Waals surface area contributed by atoms with Gasteiger partial charge in [-0.2, -0.15) is 0 Å². The van der Waals surface area contributed by atoms with E-state index in [1.54, 1.807) is 0 Å². The molecule has 0 bridgehead atoms. The van der Waals surface area contributed by atoms with Crippen LogP contribution >= 0.6 is 23.4 Å². The van der Waals surface area contributed by atoms with Gasteiger partial charge < -0.3 is 4.98 Å². The maximum absolute atomic E-state index is 11.0. The molecule has 1 aromatic heterocycles. The molecule has 0 saturated carbocycles. The number of nitrogens with zero attached hydrogens (tertiary/aromatic N) is 1. The first-order valence-corrected chi connectivity index (χ1v) is 4.98. The second kappa shape index (κ2) is 4.52. The van der Waals surface area contributed by atoms with Crippen LogP contribution in [0, 0.1) is 0 Å². The number of thioether (sulfide) groups is 1. The Morgan fingerprint density at radius 1 is 1.75 bits per heavy atom. The lowest BCUT2D eigenvalue weighted by molar-refractivity contribution is 0.933. The number of H-pyrrole nitrogens is 1. The fraction of sp³-hybridized carbons (Fsp3) is 0.429. The van der Waals surface area contributed by atoms with E-state index in [0.717, 1.165) is 12.2 Å². The molecule has 1 heterocycles. The van der Waals surface area contributed by atoms with E-state index in [-0.39, 0.29) is 10.6 Å². The molecule has 0 unspecified atom stereocenters. The molecule has 0 atom stereocenters. The summed E-state index contributed by atoms with van der Waals surface area (Å²) >= 11 is 7.02. The molecule has 0 fully saturated rings. The van der Waals surface area contributed by atoms with Crippen LogP contribution in [0.2, 0.25) is 5.02 Å². The minimum atomic E-state index is -0.273. The van der Waals surface area contributed by atoms with Crippen LogP contribution in [0.3, 0.4) is 0 Å². The molecule has 66 valence electrons. The molecule has 0 aliphatic carbocycles. The Hall–Kier alpha value is -0.480. The van der Waals surface area contributed by atoms with Gasteiger partial charge in [0, 0.05) is 5.75 Å². The third-order valence-electron chi connectivity index (χ3n) is 1.18. The van der Waals surface area contributed by atoms with Crippen LogP contribution in [0.15, 0.2) is 16.1 Å². The summed E-state index contributed by atoms with van der Waals surface area (Å²) in [5.74, 6) is 0.949. The van der Waals surface area contributed by atoms with Gasteiger partial charge in [0.15, 0.2) is 5.16 Å². The summed E-state index contributed by atoms with van der Waals surface area (Å²) in [7, 11) is 0. The highest BCUT2D eigenvalue weighted by Gasteiger charge is 1.98. The summed E-state index contributed by atoms with van der Waals surface area (Å²) in [5.41, 5.74) is -0.273. The second-order valence-corrected chi connectivity index (χ2v) is 3.70. The summed E-state index contributed by atoms with van der Waals surface area (Å²) in [4.78, 5) is 17.5. The minimum absolute atomic E-state index is 0.135. The summed E-state index contributed by atoms with van der Waals surface area (Å²) in [6.07, 6.45) is 2.43. The smallest absolute Gasteiger partial charge is 0.270 e. The molecule has 3 nitrogen and oxygen atoms in total. The Morgan fingerprint density at radius 2 is 2.50 bits per heavy atom. The number of aromatic amines is 1. The first kappa shape index (κ1) is 9.61. The van der Waals surface area contributed by atoms with Gasteiger partial charge in [-0.25, -0.2) is 4.98 Å². The molecular weight excluding hydrogens is 196 g/mol. The van der Waals surface area contributed by atoms with Crippen molar-refractivity contribution in [1.29, 1.82) is 0 Å². The molecule has 0 saturated heterocycles. The summed E-state index contributed by atoms with van der Waals surface area (Å²) < 4.78 is 0. The quantitative estimate of drug-likeness (QED) is 0.605. The Kier molecular flexibility index (Phi) is 3.62. The van der Waals surface area contributed by atoms with Crippen LogP contribution in [0.5, 0.6) is 0 Å². The van der Waals surface area contributed by atoms with E-state index >= 15 is 0 Å². The predicted molar refractivity (Wildman–Crippen MR) is 50.9 cm³/mol. The summed E-state index contributed by atoms with van der Waals surface area (Å²) in [5, 5.41) is 0.766. The average Bonchev–Trinajstić information content (AvgIpc) is 2.07. The van der Waals surface area contributed by atoms with Crippen molar-refractivity contribution in [3.63, 3.8) is 0 Å². The highest BCUT2D eigenvalue weighted by atomic mass is 35.5. The van der Waals surface area contributed by atoms with Gasteiger partial charge in [0.25, 0.3) is 5.56 Å². The standard InChI is InChI=1S/C7H9ClN2OS/c1-2-3-12-7-9-4-5(8)6(11)10-7/h4H,2-3H2,1H3,(H,9,10,11). The molecule has 5 heteroatoms. The fourth-order valence-electron chi connectivity index (χ4n) is 0.635. The topological polar surface area (TPSA) is 45.8 Å². The van der Waals surface area contributed by atoms with E-state index in [2.05, 4.69) is 16.9 Å². The van der Waals surface area contributed by atoms with Gasteiger partial charge in [-0.3, -0.25) is 4.79 Å². The highest BCUT2D eigenvalue weighted by Crippen LogP contribution is 2.11. The van der Waals surface area contributed by atoms with Crippen LogP contribution in [0.25, 0.3) is 0 Å². The monoisotopic (exact) mass is 204 g/mol. The van der Waals surface area contributed by atoms with E-state index in [1.165, 1.54) is 18.0 Å². The summed E-state index contributed by atoms with van der Waals surface area (Å²) in [6, 6.07) is 0. The van der Waals surface area contributed by atoms with E-state index in [9.17, 15) is 4.79 Å². The lowest BCUT2D eigenvalue weighted by atomic mass is 10.6. The Balaban J connectivity index is 2.76. The SMILES string of the molecule is CCCSc1ncc(Cl)c(=O)[nH]1. The molecule has 0 aromatic carbocycles. The van der Waals surface area contributed by atoms with Crippen molar-refractivity contribution < 1.29 is 0 Å². The van der Waals surface area contributed by atoms with Crippen molar-refractivity contribution in [2.75, 3.05) is 5.75 Å². The minimum Gasteiger partial charge on any atom is -0.300 e. The van der Waals surface area contributed by atoms with Crippen LogP contribution in [-0.2, 0) is 0 Å². The number of halogens is 1. The van der Waals surface area contributed by atoms with Gasteiger partial charge in [0.05, 0.1) is 6.20 Å². The van der Waals surface area contributed by atoms with Crippen LogP contribution in [-0.4, -0.2) is 15.7 Å². The van der Waals surface area contributed by atoms with Crippen molar-refractivity contribution in [2.45, 2.75) is 18.5 Å². The highest BCUT2D eigenvalue weighted by molar-refractivity contribution is 7.99. The average molecular weight is 205 g/mol. The maximum Gasteiger partial charge on any atom is 0.270 e. The van der Waals surface area contributed by atoms with Gasteiger partial charge in [0.1, 0.15) is 5.02 Å². The largest absolute Gasteiger partial charge is 0.300 e. The third kappa shape index (κ3) is 2.53. The van der Waals surface area contributed by atoms with Gasteiger partial charge in [-0.1, -0.05) is 30.3 Å². The van der Waals surface area contributed by atoms with E-state index < -0.39 is 0 Å². The van der Waals surface area contributed by atoms with E-state index in [4.69, 9.17) is 11.6 Å². The van der Waals surface area contributed by atoms with Gasteiger partial charge in [-0.05, 0) is 6.42 Å². The zero-order chi connectivity index (χ0) is 8.97. The zero-order valence-electron chi connectivity index (χ0n) is 6.63. The van der Waals surface area contributed by atoms with Crippen LogP contribution in [0.4, 0.5) is 0 Å². The molecule has 0 radical (unpaired) electrons. The fourth-order valence-corrected chi connectivity index (χ4v) is 1.42. The first-order chi connectivity index (χ1) is 5.74. The van der Waals surface area contributed by atoms with E-state index in [0.29, 0.717) is 5.16 Å². The number of nitrogens with one attached hydrogen (secondary N) is 1. The second-order valence-electron chi connectivity index (χ2n) is 2.21. The Morgan fingerprint density at radius 3 is 3.08 bits per heavy atom. The zero-order valence-corrected chi connectivity index (χ0v) is 8.21. The lowest BCUT2D eigenvalue weighted by Gasteiger charge is -1.96. The number of hydrogen-bond acceptors (Lipinski definition) is 3. The Bertz CT molecular complexity index is 313. The van der Waals surface area contributed by atoms with Crippen LogP contribution < -0.4 is 5.56 Å². The molecule has 0 amide bonds. The lowest BCUT2D eigenvalue weighted by Crippen LogP contribution is -2.08. The van der Waals surface area contributed by atoms with Crippen LogP contribution in [0.1, 0.15) is 13.3 Å². The number of aromatic nitrogens is 2. The molecule has 1 N–H and O–H groups in total. The molecule has 1 aromatic rings. The first-order valence-electron chi connectivity index (χ1n) is 3.61. The summed E-state index contributed by atoms with van der Waals surface area (Å²) in [6.45, 7) is 2.07. The third-order valence-corrected chi connectivity index (χ3v) is 2.54. The molecule has 12 heavy (non-hydrogen) atoms. The maximum atomic E-state index is 11.0. The van der Waals surface area contributed by atoms with Gasteiger partial charge in [0.2, 0.25) is 0 Å². The predicted octanol–water partition coefficient (Wildman–Crippen LogP) is 1.93. The van der Waals surface area contributed by atoms with Crippen molar-refractivity contribution in [3.8, 4) is 0 Å². The van der Waals surface area contributed by atoms with E-state index in [1.807, 2.05) is 0 Å². The van der Waals surface area contributed by atoms with Gasteiger partial charge in [-0.15, -0.1) is 0 Å². The van der Waals surface area contributed by atoms with Crippen molar-refractivity contribution in [2.24, 2.45) is 0 Å². The number of hydrogen-bond donors (Lipinski definition) is 1. The number of rotatable bonds is 3. The normalized spacial score (nSPS) is 10.2. The molecule has 1 rings (SSSR count). The molecular formula is C7H9ClN2OS. The van der Waals surface area contributed by atoms with Crippen molar-refractivity contribution in [3.05, 3.63) is 21.6 Å². The molecule has 0 aliphatic rings. The molecule has 0 spiro atoms. The van der Waals surface area contributed by atoms with Gasteiger partial charge >= 0.3 is 0 Å².